The minimum absolute atomic E-state index is 0.206. The second-order valence-electron chi connectivity index (χ2n) is 2.89. The van der Waals surface area contributed by atoms with Gasteiger partial charge in [-0.3, -0.25) is 4.79 Å². The molecule has 0 atom stereocenters. The molecule has 0 aromatic carbocycles. The van der Waals surface area contributed by atoms with E-state index in [4.69, 9.17) is 11.6 Å². The Labute approximate surface area is 94.7 Å². The minimum atomic E-state index is 0.206. The van der Waals surface area contributed by atoms with Crippen LogP contribution in [0, 0.1) is 13.8 Å². The highest BCUT2D eigenvalue weighted by molar-refractivity contribution is 7.16. The lowest BCUT2D eigenvalue weighted by Gasteiger charge is -1.94. The fourth-order valence-electron chi connectivity index (χ4n) is 1.17. The summed E-state index contributed by atoms with van der Waals surface area (Å²) in [5, 5.41) is 4.91. The van der Waals surface area contributed by atoms with Gasteiger partial charge in [0, 0.05) is 0 Å². The lowest BCUT2D eigenvalue weighted by atomic mass is 10.6. The molecule has 0 aliphatic rings. The molecule has 15 heavy (non-hydrogen) atoms. The first-order chi connectivity index (χ1) is 7.11. The third-order valence-corrected chi connectivity index (χ3v) is 3.12. The van der Waals surface area contributed by atoms with Crippen molar-refractivity contribution in [3.8, 4) is 5.13 Å². The number of nitrogens with zero attached hydrogens (tertiary/aromatic N) is 4. The number of carbonyl (C=O) groups excluding carboxylic acids is 1. The fraction of sp³-hybridized carbons (Fsp3) is 0.250. The van der Waals surface area contributed by atoms with Crippen LogP contribution in [0.25, 0.3) is 5.13 Å². The summed E-state index contributed by atoms with van der Waals surface area (Å²) in [6, 6.07) is 0. The summed E-state index contributed by atoms with van der Waals surface area (Å²) in [7, 11) is 0. The van der Waals surface area contributed by atoms with Crippen molar-refractivity contribution in [2.75, 3.05) is 0 Å². The van der Waals surface area contributed by atoms with E-state index in [1.807, 2.05) is 6.92 Å². The third-order valence-electron chi connectivity index (χ3n) is 1.76. The fourth-order valence-corrected chi connectivity index (χ4v) is 2.23. The molecule has 0 N–H and O–H groups in total. The van der Waals surface area contributed by atoms with Gasteiger partial charge >= 0.3 is 0 Å². The average molecular weight is 243 g/mol. The molecule has 0 fully saturated rings. The van der Waals surface area contributed by atoms with Crippen LogP contribution in [0.2, 0.25) is 5.15 Å². The van der Waals surface area contributed by atoms with Crippen molar-refractivity contribution in [1.82, 2.24) is 19.7 Å². The van der Waals surface area contributed by atoms with E-state index in [0.717, 1.165) is 5.82 Å². The van der Waals surface area contributed by atoms with Crippen LogP contribution in [-0.4, -0.2) is 26.0 Å². The summed E-state index contributed by atoms with van der Waals surface area (Å²) in [4.78, 5) is 19.2. The molecule has 2 aromatic heterocycles. The van der Waals surface area contributed by atoms with E-state index in [-0.39, 0.29) is 5.15 Å². The number of carbonyl (C=O) groups is 1. The molecule has 0 unspecified atom stereocenters. The van der Waals surface area contributed by atoms with Gasteiger partial charge in [0.1, 0.15) is 16.5 Å². The second kappa shape index (κ2) is 3.71. The average Bonchev–Trinajstić information content (AvgIpc) is 2.69. The molecule has 7 heteroatoms. The first-order valence-corrected chi connectivity index (χ1v) is 5.33. The van der Waals surface area contributed by atoms with E-state index in [9.17, 15) is 4.79 Å². The summed E-state index contributed by atoms with van der Waals surface area (Å²) in [5.41, 5.74) is 0. The number of thiazole rings is 1. The highest BCUT2D eigenvalue weighted by atomic mass is 35.5. The van der Waals surface area contributed by atoms with E-state index in [0.29, 0.717) is 22.1 Å². The maximum Gasteiger partial charge on any atom is 0.214 e. The van der Waals surface area contributed by atoms with Gasteiger partial charge in [0.25, 0.3) is 0 Å². The van der Waals surface area contributed by atoms with Gasteiger partial charge in [0.2, 0.25) is 5.13 Å². The number of hydrogen-bond donors (Lipinski definition) is 0. The van der Waals surface area contributed by atoms with Gasteiger partial charge in [0.15, 0.2) is 11.4 Å². The van der Waals surface area contributed by atoms with Gasteiger partial charge < -0.3 is 0 Å². The standard InChI is InChI=1S/C8H7ClN4OS/c1-4-10-5(2)13(12-4)8-11-7(9)6(3-14)15-8/h3H,1-2H3. The molecule has 2 heterocycles. The zero-order valence-corrected chi connectivity index (χ0v) is 9.63. The van der Waals surface area contributed by atoms with Crippen molar-refractivity contribution in [3.63, 3.8) is 0 Å². The Balaban J connectivity index is 2.54. The third kappa shape index (κ3) is 1.78. The van der Waals surface area contributed by atoms with Crippen LogP contribution >= 0.6 is 22.9 Å². The van der Waals surface area contributed by atoms with E-state index >= 15 is 0 Å². The SMILES string of the molecule is Cc1nc(C)n(-c2nc(Cl)c(C=O)s2)n1. The van der Waals surface area contributed by atoms with Gasteiger partial charge in [0.05, 0.1) is 0 Å². The number of rotatable bonds is 2. The van der Waals surface area contributed by atoms with Crippen LogP contribution in [0.5, 0.6) is 0 Å². The predicted molar refractivity (Wildman–Crippen MR) is 56.9 cm³/mol. The molecule has 0 saturated carbocycles. The van der Waals surface area contributed by atoms with Crippen LogP contribution in [0.15, 0.2) is 0 Å². The molecule has 0 radical (unpaired) electrons. The largest absolute Gasteiger partial charge is 0.297 e. The molecule has 2 aromatic rings. The lowest BCUT2D eigenvalue weighted by molar-refractivity contribution is 0.112. The maximum absolute atomic E-state index is 10.6. The summed E-state index contributed by atoms with van der Waals surface area (Å²) >= 11 is 6.95. The minimum Gasteiger partial charge on any atom is -0.297 e. The van der Waals surface area contributed by atoms with Gasteiger partial charge in [-0.2, -0.15) is 4.68 Å². The van der Waals surface area contributed by atoms with Crippen molar-refractivity contribution in [3.05, 3.63) is 21.7 Å². The Kier molecular flexibility index (Phi) is 2.54. The second-order valence-corrected chi connectivity index (χ2v) is 4.25. The monoisotopic (exact) mass is 242 g/mol. The molecule has 0 bridgehead atoms. The first-order valence-electron chi connectivity index (χ1n) is 4.14. The number of aldehydes is 1. The number of halogens is 1. The summed E-state index contributed by atoms with van der Waals surface area (Å²) in [6.07, 6.45) is 0.683. The molecule has 0 spiro atoms. The van der Waals surface area contributed by atoms with E-state index in [1.165, 1.54) is 11.3 Å². The van der Waals surface area contributed by atoms with Crippen LogP contribution in [0.3, 0.4) is 0 Å². The summed E-state index contributed by atoms with van der Waals surface area (Å²) in [6.45, 7) is 3.61. The zero-order chi connectivity index (χ0) is 11.0. The Hall–Kier alpha value is -1.27. The molecule has 0 aliphatic heterocycles. The molecule has 5 nitrogen and oxygen atoms in total. The van der Waals surface area contributed by atoms with Crippen LogP contribution in [-0.2, 0) is 0 Å². The summed E-state index contributed by atoms with van der Waals surface area (Å²) < 4.78 is 1.57. The Morgan fingerprint density at radius 3 is 2.60 bits per heavy atom. The highest BCUT2D eigenvalue weighted by Crippen LogP contribution is 2.24. The lowest BCUT2D eigenvalue weighted by Crippen LogP contribution is -1.98. The van der Waals surface area contributed by atoms with Crippen LogP contribution in [0.4, 0.5) is 0 Å². The number of hydrogen-bond acceptors (Lipinski definition) is 5. The highest BCUT2D eigenvalue weighted by Gasteiger charge is 2.13. The Morgan fingerprint density at radius 1 is 1.40 bits per heavy atom. The van der Waals surface area contributed by atoms with Crippen molar-refractivity contribution in [1.29, 1.82) is 0 Å². The smallest absolute Gasteiger partial charge is 0.214 e. The number of aryl methyl sites for hydroxylation is 2. The first kappa shape index (κ1) is 10.3. The Morgan fingerprint density at radius 2 is 2.13 bits per heavy atom. The quantitative estimate of drug-likeness (QED) is 0.754. The topological polar surface area (TPSA) is 60.7 Å². The van der Waals surface area contributed by atoms with Crippen molar-refractivity contribution in [2.45, 2.75) is 13.8 Å². The van der Waals surface area contributed by atoms with Gasteiger partial charge in [-0.15, -0.1) is 5.10 Å². The normalized spacial score (nSPS) is 10.6. The predicted octanol–water partition coefficient (Wildman–Crippen LogP) is 1.81. The van der Waals surface area contributed by atoms with Crippen LogP contribution < -0.4 is 0 Å². The van der Waals surface area contributed by atoms with Crippen LogP contribution in [0.1, 0.15) is 21.3 Å². The van der Waals surface area contributed by atoms with Crippen molar-refractivity contribution < 1.29 is 4.79 Å². The van der Waals surface area contributed by atoms with Gasteiger partial charge in [-0.1, -0.05) is 22.9 Å². The van der Waals surface area contributed by atoms with E-state index in [2.05, 4.69) is 15.1 Å². The number of aromatic nitrogens is 4. The molecular weight excluding hydrogens is 236 g/mol. The molecule has 2 rings (SSSR count). The molecule has 78 valence electrons. The zero-order valence-electron chi connectivity index (χ0n) is 8.06. The van der Waals surface area contributed by atoms with Crippen molar-refractivity contribution >= 4 is 29.2 Å². The molecular formula is C8H7ClN4OS. The molecule has 0 amide bonds. The van der Waals surface area contributed by atoms with Gasteiger partial charge in [-0.25, -0.2) is 9.97 Å². The summed E-state index contributed by atoms with van der Waals surface area (Å²) in [5.74, 6) is 1.38. The van der Waals surface area contributed by atoms with Gasteiger partial charge in [-0.05, 0) is 13.8 Å². The molecule has 0 saturated heterocycles. The molecule has 0 aliphatic carbocycles. The van der Waals surface area contributed by atoms with E-state index in [1.54, 1.807) is 11.6 Å². The Bertz CT molecular complexity index is 519. The van der Waals surface area contributed by atoms with Crippen molar-refractivity contribution in [2.24, 2.45) is 0 Å². The van der Waals surface area contributed by atoms with E-state index < -0.39 is 0 Å². The maximum atomic E-state index is 10.6.